The summed E-state index contributed by atoms with van der Waals surface area (Å²) < 4.78 is 12.8. The van der Waals surface area contributed by atoms with Crippen LogP contribution < -0.4 is 16.4 Å². The molecule has 0 radical (unpaired) electrons. The third-order valence-electron chi connectivity index (χ3n) is 7.92. The van der Waals surface area contributed by atoms with Gasteiger partial charge < -0.3 is 36.1 Å². The van der Waals surface area contributed by atoms with Crippen molar-refractivity contribution in [2.75, 3.05) is 22.1 Å². The first-order chi connectivity index (χ1) is 23.3. The van der Waals surface area contributed by atoms with Crippen LogP contribution in [0.25, 0.3) is 0 Å². The number of hydrogen-bond donors (Lipinski definition) is 5. The van der Waals surface area contributed by atoms with Crippen molar-refractivity contribution >= 4 is 46.6 Å². The van der Waals surface area contributed by atoms with Gasteiger partial charge in [-0.2, -0.15) is 0 Å². The number of nitrogens with one attached hydrogen (secondary N) is 2. The molecule has 250 valence electrons. The summed E-state index contributed by atoms with van der Waals surface area (Å²) >= 11 is 1.43. The monoisotopic (exact) mass is 669 g/mol. The molecule has 48 heavy (non-hydrogen) atoms. The summed E-state index contributed by atoms with van der Waals surface area (Å²) in [5.41, 5.74) is 10.4. The van der Waals surface area contributed by atoms with Crippen LogP contribution in [-0.2, 0) is 25.7 Å². The molecule has 1 aliphatic rings. The molecule has 1 heterocycles. The quantitative estimate of drug-likeness (QED) is 0.0545. The Labute approximate surface area is 283 Å². The third-order valence-corrected chi connectivity index (χ3v) is 9.12. The third kappa shape index (κ3) is 9.68. The van der Waals surface area contributed by atoms with Crippen molar-refractivity contribution in [1.29, 1.82) is 0 Å². The van der Waals surface area contributed by atoms with Crippen molar-refractivity contribution in [3.05, 3.63) is 119 Å². The number of amides is 2. The lowest BCUT2D eigenvalue weighted by Gasteiger charge is -2.36. The van der Waals surface area contributed by atoms with E-state index in [4.69, 9.17) is 15.2 Å². The second-order valence-corrected chi connectivity index (χ2v) is 12.5. The Balaban J connectivity index is 1.16. The van der Waals surface area contributed by atoms with Crippen molar-refractivity contribution in [1.82, 2.24) is 0 Å². The Hall–Kier alpha value is -4.68. The summed E-state index contributed by atoms with van der Waals surface area (Å²) in [4.78, 5) is 37.2. The van der Waals surface area contributed by atoms with E-state index in [9.17, 15) is 24.6 Å². The van der Waals surface area contributed by atoms with Crippen molar-refractivity contribution in [2.45, 2.75) is 62.1 Å². The average Bonchev–Trinajstić information content (AvgIpc) is 3.10. The highest BCUT2D eigenvalue weighted by atomic mass is 32.2. The van der Waals surface area contributed by atoms with Crippen molar-refractivity contribution in [3.63, 3.8) is 0 Å². The number of aliphatic hydroxyl groups is 1. The highest BCUT2D eigenvalue weighted by Gasteiger charge is 2.32. The van der Waals surface area contributed by atoms with E-state index in [2.05, 4.69) is 10.6 Å². The van der Waals surface area contributed by atoms with Crippen LogP contribution in [0.5, 0.6) is 0 Å². The second kappa shape index (κ2) is 16.9. The van der Waals surface area contributed by atoms with Gasteiger partial charge in [0, 0.05) is 41.2 Å². The first kappa shape index (κ1) is 34.6. The fourth-order valence-corrected chi connectivity index (χ4v) is 6.38. The fraction of sp³-hybridized carbons (Fsp3) is 0.270. The summed E-state index contributed by atoms with van der Waals surface area (Å²) in [6.45, 7) is -0.0511. The number of hydrogen-bond acceptors (Lipinski definition) is 8. The Bertz CT molecular complexity index is 1700. The SMILES string of the molecule is Nc1ccccc1NC(=O)CCCCC(=O)Nc1ccc([C@@H]2O[C@H](CSc3ccccc3C(=O)O)C[C@H](c3ccc(CO)cc3)O2)cc1. The minimum Gasteiger partial charge on any atom is -0.478 e. The van der Waals surface area contributed by atoms with Gasteiger partial charge in [-0.3, -0.25) is 9.59 Å². The fourth-order valence-electron chi connectivity index (χ4n) is 5.32. The van der Waals surface area contributed by atoms with Gasteiger partial charge in [0.25, 0.3) is 0 Å². The highest BCUT2D eigenvalue weighted by Crippen LogP contribution is 2.40. The van der Waals surface area contributed by atoms with E-state index in [1.165, 1.54) is 11.8 Å². The molecule has 0 spiro atoms. The number of carboxylic acid groups (broad SMARTS) is 1. The zero-order chi connectivity index (χ0) is 33.9. The van der Waals surface area contributed by atoms with Crippen molar-refractivity contribution < 1.29 is 34.1 Å². The first-order valence-electron chi connectivity index (χ1n) is 15.8. The molecule has 0 bridgehead atoms. The lowest BCUT2D eigenvalue weighted by molar-refractivity contribution is -0.245. The number of carbonyl (C=O) groups is 3. The summed E-state index contributed by atoms with van der Waals surface area (Å²) in [5, 5.41) is 24.8. The minimum atomic E-state index is -0.977. The standard InChI is InChI=1S/C37H39N3O7S/c38-30-8-2-3-9-31(30)40-35(43)12-6-5-11-34(42)39-27-19-17-26(18-20-27)37-46-28(23-48-33-10-4-1-7-29(33)36(44)45)21-32(47-37)25-15-13-24(22-41)14-16-25/h1-4,7-10,13-20,28,32,37,41H,5-6,11-12,21-23,38H2,(H,39,42)(H,40,43)(H,44,45)/t28-,32+,37+/m0/s1. The number of para-hydroxylation sites is 2. The Kier molecular flexibility index (Phi) is 12.2. The van der Waals surface area contributed by atoms with Gasteiger partial charge in [0.2, 0.25) is 11.8 Å². The van der Waals surface area contributed by atoms with Gasteiger partial charge in [0.15, 0.2) is 6.29 Å². The summed E-state index contributed by atoms with van der Waals surface area (Å²) in [6, 6.07) is 28.9. The summed E-state index contributed by atoms with van der Waals surface area (Å²) in [5.74, 6) is -0.752. The van der Waals surface area contributed by atoms with Gasteiger partial charge >= 0.3 is 5.97 Å². The molecule has 11 heteroatoms. The topological polar surface area (TPSA) is 160 Å². The number of carbonyl (C=O) groups excluding carboxylic acids is 2. The lowest BCUT2D eigenvalue weighted by atomic mass is 10.0. The number of aliphatic hydroxyl groups excluding tert-OH is 1. The van der Waals surface area contributed by atoms with E-state index in [-0.39, 0.29) is 49.0 Å². The molecule has 1 aliphatic heterocycles. The maximum atomic E-state index is 12.6. The number of ether oxygens (including phenoxy) is 2. The number of aromatic carboxylic acids is 1. The molecule has 4 aromatic carbocycles. The smallest absolute Gasteiger partial charge is 0.336 e. The molecule has 1 fully saturated rings. The van der Waals surface area contributed by atoms with E-state index >= 15 is 0 Å². The molecule has 0 aromatic heterocycles. The number of nitrogen functional groups attached to an aromatic ring is 1. The highest BCUT2D eigenvalue weighted by molar-refractivity contribution is 7.99. The molecule has 0 saturated carbocycles. The predicted octanol–water partition coefficient (Wildman–Crippen LogP) is 6.93. The van der Waals surface area contributed by atoms with Gasteiger partial charge in [-0.05, 0) is 60.4 Å². The van der Waals surface area contributed by atoms with Crippen LogP contribution in [-0.4, -0.2) is 39.9 Å². The van der Waals surface area contributed by atoms with Gasteiger partial charge in [0.05, 0.1) is 35.8 Å². The molecule has 1 saturated heterocycles. The molecule has 4 aromatic rings. The number of rotatable bonds is 14. The number of thioether (sulfide) groups is 1. The van der Waals surface area contributed by atoms with Crippen LogP contribution in [0.3, 0.4) is 0 Å². The lowest BCUT2D eigenvalue weighted by Crippen LogP contribution is -2.31. The van der Waals surface area contributed by atoms with Crippen molar-refractivity contribution in [2.24, 2.45) is 0 Å². The van der Waals surface area contributed by atoms with Gasteiger partial charge in [0.1, 0.15) is 0 Å². The van der Waals surface area contributed by atoms with Crippen LogP contribution in [0.15, 0.2) is 102 Å². The number of nitrogens with two attached hydrogens (primary N) is 1. The molecule has 3 atom stereocenters. The van der Waals surface area contributed by atoms with Crippen LogP contribution in [0.2, 0.25) is 0 Å². The molecule has 0 unspecified atom stereocenters. The Morgan fingerprint density at radius 3 is 2.12 bits per heavy atom. The van der Waals surface area contributed by atoms with E-state index in [0.29, 0.717) is 47.0 Å². The van der Waals surface area contributed by atoms with E-state index in [1.54, 1.807) is 54.6 Å². The Morgan fingerprint density at radius 1 is 0.792 bits per heavy atom. The number of carboxylic acids is 1. The second-order valence-electron chi connectivity index (χ2n) is 11.5. The van der Waals surface area contributed by atoms with Gasteiger partial charge in [-0.15, -0.1) is 11.8 Å². The molecular weight excluding hydrogens is 630 g/mol. The molecule has 2 amide bonds. The predicted molar refractivity (Wildman–Crippen MR) is 186 cm³/mol. The molecular formula is C37H39N3O7S. The largest absolute Gasteiger partial charge is 0.478 e. The van der Waals surface area contributed by atoms with E-state index in [1.807, 2.05) is 42.5 Å². The van der Waals surface area contributed by atoms with E-state index in [0.717, 1.165) is 16.7 Å². The summed E-state index contributed by atoms with van der Waals surface area (Å²) in [6.07, 6.45) is 1.02. The van der Waals surface area contributed by atoms with Gasteiger partial charge in [-0.1, -0.05) is 60.7 Å². The molecule has 5 rings (SSSR count). The average molecular weight is 670 g/mol. The zero-order valence-corrected chi connectivity index (χ0v) is 27.2. The summed E-state index contributed by atoms with van der Waals surface area (Å²) in [7, 11) is 0. The van der Waals surface area contributed by atoms with Crippen LogP contribution in [0.1, 0.15) is 71.5 Å². The molecule has 10 nitrogen and oxygen atoms in total. The minimum absolute atomic E-state index is 0.0511. The maximum Gasteiger partial charge on any atom is 0.336 e. The van der Waals surface area contributed by atoms with E-state index < -0.39 is 12.3 Å². The van der Waals surface area contributed by atoms with Crippen LogP contribution in [0.4, 0.5) is 17.1 Å². The number of unbranched alkanes of at least 4 members (excludes halogenated alkanes) is 1. The normalized spacial score (nSPS) is 17.4. The Morgan fingerprint density at radius 2 is 1.44 bits per heavy atom. The van der Waals surface area contributed by atoms with Gasteiger partial charge in [-0.25, -0.2) is 4.79 Å². The number of anilines is 3. The van der Waals surface area contributed by atoms with Crippen molar-refractivity contribution in [3.8, 4) is 0 Å². The molecule has 6 N–H and O–H groups in total. The van der Waals surface area contributed by atoms with Crippen LogP contribution >= 0.6 is 11.8 Å². The first-order valence-corrected chi connectivity index (χ1v) is 16.8. The number of benzene rings is 4. The molecule has 0 aliphatic carbocycles. The maximum absolute atomic E-state index is 12.6. The zero-order valence-electron chi connectivity index (χ0n) is 26.3. The van der Waals surface area contributed by atoms with Crippen LogP contribution in [0, 0.1) is 0 Å².